The van der Waals surface area contributed by atoms with Crippen LogP contribution in [0, 0.1) is 0 Å². The van der Waals surface area contributed by atoms with Crippen LogP contribution < -0.4 is 19.5 Å². The number of nitrogens with one attached hydrogen (secondary N) is 1. The Labute approximate surface area is 147 Å². The van der Waals surface area contributed by atoms with Gasteiger partial charge in [-0.2, -0.15) is 0 Å². The molecule has 2 rings (SSSR count). The molecule has 1 amide bonds. The second-order valence-corrected chi connectivity index (χ2v) is 5.92. The molecular weight excluding hydrogens is 326 g/mol. The van der Waals surface area contributed by atoms with Crippen molar-refractivity contribution in [3.8, 4) is 17.2 Å². The fraction of sp³-hybridized carbons (Fsp3) is 0.556. The minimum Gasteiger partial charge on any atom is -0.493 e. The normalized spacial score (nSPS) is 15.4. The fourth-order valence-corrected chi connectivity index (χ4v) is 2.93. The van der Waals surface area contributed by atoms with E-state index in [2.05, 4.69) is 5.32 Å². The third kappa shape index (κ3) is 4.35. The van der Waals surface area contributed by atoms with Crippen molar-refractivity contribution in [2.45, 2.75) is 44.8 Å². The summed E-state index contributed by atoms with van der Waals surface area (Å²) in [6, 6.07) is 3.27. The average Bonchev–Trinajstić information content (AvgIpc) is 3.12. The molecular formula is C18H25NO6. The Kier molecular flexibility index (Phi) is 6.50. The number of methoxy groups -OCH3 is 3. The number of benzene rings is 1. The van der Waals surface area contributed by atoms with Gasteiger partial charge in [0, 0.05) is 6.04 Å². The second-order valence-electron chi connectivity index (χ2n) is 5.92. The second kappa shape index (κ2) is 8.60. The van der Waals surface area contributed by atoms with Crippen LogP contribution in [0.15, 0.2) is 12.1 Å². The van der Waals surface area contributed by atoms with E-state index >= 15 is 0 Å². The van der Waals surface area contributed by atoms with Gasteiger partial charge in [-0.25, -0.2) is 4.79 Å². The van der Waals surface area contributed by atoms with E-state index in [-0.39, 0.29) is 23.3 Å². The highest BCUT2D eigenvalue weighted by atomic mass is 16.6. The summed E-state index contributed by atoms with van der Waals surface area (Å²) in [7, 11) is 4.36. The quantitative estimate of drug-likeness (QED) is 0.759. The van der Waals surface area contributed by atoms with Gasteiger partial charge in [-0.3, -0.25) is 4.79 Å². The van der Waals surface area contributed by atoms with Crippen LogP contribution in [0.5, 0.6) is 17.2 Å². The molecule has 7 nitrogen and oxygen atoms in total. The van der Waals surface area contributed by atoms with Crippen molar-refractivity contribution in [2.24, 2.45) is 0 Å². The van der Waals surface area contributed by atoms with Crippen LogP contribution >= 0.6 is 0 Å². The zero-order valence-corrected chi connectivity index (χ0v) is 15.1. The Hall–Kier alpha value is -2.44. The molecule has 0 radical (unpaired) electrons. The van der Waals surface area contributed by atoms with E-state index in [1.165, 1.54) is 27.4 Å². The highest BCUT2D eigenvalue weighted by Gasteiger charge is 2.26. The molecule has 1 fully saturated rings. The van der Waals surface area contributed by atoms with Gasteiger partial charge in [0.25, 0.3) is 5.91 Å². The Morgan fingerprint density at radius 1 is 1.04 bits per heavy atom. The minimum absolute atomic E-state index is 0.167. The third-order valence-corrected chi connectivity index (χ3v) is 4.28. The van der Waals surface area contributed by atoms with Gasteiger partial charge >= 0.3 is 5.97 Å². The number of ether oxygens (including phenoxy) is 4. The van der Waals surface area contributed by atoms with Crippen LogP contribution in [0.3, 0.4) is 0 Å². The largest absolute Gasteiger partial charge is 0.493 e. The average molecular weight is 351 g/mol. The van der Waals surface area contributed by atoms with Gasteiger partial charge in [0.15, 0.2) is 17.6 Å². The Bertz CT molecular complexity index is 624. The van der Waals surface area contributed by atoms with Crippen molar-refractivity contribution in [3.05, 3.63) is 17.7 Å². The number of hydrogen-bond acceptors (Lipinski definition) is 6. The lowest BCUT2D eigenvalue weighted by Crippen LogP contribution is -2.40. The molecule has 0 heterocycles. The SMILES string of the molecule is COc1ccc(C(=O)OC(C)C(=O)NC2CCCC2)c(OC)c1OC. The van der Waals surface area contributed by atoms with E-state index in [0.717, 1.165) is 25.7 Å². The summed E-state index contributed by atoms with van der Waals surface area (Å²) < 4.78 is 21.0. The molecule has 138 valence electrons. The van der Waals surface area contributed by atoms with Crippen molar-refractivity contribution in [1.29, 1.82) is 0 Å². The molecule has 25 heavy (non-hydrogen) atoms. The molecule has 1 unspecified atom stereocenters. The lowest BCUT2D eigenvalue weighted by Gasteiger charge is -2.19. The minimum atomic E-state index is -0.897. The zero-order chi connectivity index (χ0) is 18.4. The summed E-state index contributed by atoms with van der Waals surface area (Å²) in [5.41, 5.74) is 0.167. The first-order valence-electron chi connectivity index (χ1n) is 8.32. The number of amides is 1. The van der Waals surface area contributed by atoms with Crippen LogP contribution in [-0.2, 0) is 9.53 Å². The van der Waals surface area contributed by atoms with Gasteiger partial charge in [0.2, 0.25) is 5.75 Å². The van der Waals surface area contributed by atoms with Crippen molar-refractivity contribution >= 4 is 11.9 Å². The van der Waals surface area contributed by atoms with Gasteiger partial charge in [-0.1, -0.05) is 12.8 Å². The van der Waals surface area contributed by atoms with E-state index in [9.17, 15) is 9.59 Å². The molecule has 0 saturated heterocycles. The standard InChI is InChI=1S/C18H25NO6/c1-11(17(20)19-12-7-5-6-8-12)25-18(21)13-9-10-14(22-2)16(24-4)15(13)23-3/h9-12H,5-8H2,1-4H3,(H,19,20). The maximum Gasteiger partial charge on any atom is 0.342 e. The molecule has 0 bridgehead atoms. The molecule has 1 saturated carbocycles. The Morgan fingerprint density at radius 3 is 2.24 bits per heavy atom. The van der Waals surface area contributed by atoms with Crippen LogP contribution in [-0.4, -0.2) is 45.4 Å². The maximum absolute atomic E-state index is 12.5. The number of carbonyl (C=O) groups is 2. The van der Waals surface area contributed by atoms with Crippen molar-refractivity contribution in [2.75, 3.05) is 21.3 Å². The molecule has 1 aliphatic rings. The predicted molar refractivity (Wildman–Crippen MR) is 91.4 cm³/mol. The Morgan fingerprint density at radius 2 is 1.68 bits per heavy atom. The van der Waals surface area contributed by atoms with Gasteiger partial charge in [-0.05, 0) is 31.9 Å². The van der Waals surface area contributed by atoms with Gasteiger partial charge in [-0.15, -0.1) is 0 Å². The van der Waals surface area contributed by atoms with E-state index in [0.29, 0.717) is 11.5 Å². The first-order chi connectivity index (χ1) is 12.0. The van der Waals surface area contributed by atoms with Gasteiger partial charge in [0.1, 0.15) is 5.56 Å². The van der Waals surface area contributed by atoms with Gasteiger partial charge in [0.05, 0.1) is 21.3 Å². The van der Waals surface area contributed by atoms with E-state index < -0.39 is 12.1 Å². The Balaban J connectivity index is 2.10. The number of esters is 1. The predicted octanol–water partition coefficient (Wildman–Crippen LogP) is 2.32. The molecule has 1 aromatic carbocycles. The highest BCUT2D eigenvalue weighted by Crippen LogP contribution is 2.40. The monoisotopic (exact) mass is 351 g/mol. The summed E-state index contributed by atoms with van der Waals surface area (Å²) >= 11 is 0. The number of rotatable bonds is 7. The smallest absolute Gasteiger partial charge is 0.342 e. The summed E-state index contributed by atoms with van der Waals surface area (Å²) in [5.74, 6) is -0.0211. The summed E-state index contributed by atoms with van der Waals surface area (Å²) in [6.45, 7) is 1.55. The molecule has 1 aliphatic carbocycles. The first kappa shape index (κ1) is 18.9. The zero-order valence-electron chi connectivity index (χ0n) is 15.1. The van der Waals surface area contributed by atoms with Crippen molar-refractivity contribution < 1.29 is 28.5 Å². The summed E-state index contributed by atoms with van der Waals surface area (Å²) in [6.07, 6.45) is 3.27. The van der Waals surface area contributed by atoms with Crippen molar-refractivity contribution in [1.82, 2.24) is 5.32 Å². The molecule has 7 heteroatoms. The van der Waals surface area contributed by atoms with Crippen LogP contribution in [0.4, 0.5) is 0 Å². The van der Waals surface area contributed by atoms with E-state index in [1.807, 2.05) is 0 Å². The molecule has 0 aliphatic heterocycles. The molecule has 0 aromatic heterocycles. The van der Waals surface area contributed by atoms with Crippen LogP contribution in [0.1, 0.15) is 43.0 Å². The molecule has 0 spiro atoms. The molecule has 1 atom stereocenters. The molecule has 1 N–H and O–H groups in total. The third-order valence-electron chi connectivity index (χ3n) is 4.28. The summed E-state index contributed by atoms with van der Waals surface area (Å²) in [4.78, 5) is 24.6. The van der Waals surface area contributed by atoms with Crippen LogP contribution in [0.2, 0.25) is 0 Å². The number of carbonyl (C=O) groups excluding carboxylic acids is 2. The van der Waals surface area contributed by atoms with Crippen molar-refractivity contribution in [3.63, 3.8) is 0 Å². The van der Waals surface area contributed by atoms with E-state index in [1.54, 1.807) is 13.0 Å². The first-order valence-corrected chi connectivity index (χ1v) is 8.32. The lowest BCUT2D eigenvalue weighted by molar-refractivity contribution is -0.129. The topological polar surface area (TPSA) is 83.1 Å². The molecule has 1 aromatic rings. The maximum atomic E-state index is 12.5. The van der Waals surface area contributed by atoms with E-state index in [4.69, 9.17) is 18.9 Å². The highest BCUT2D eigenvalue weighted by molar-refractivity contribution is 5.96. The number of hydrogen-bond donors (Lipinski definition) is 1. The van der Waals surface area contributed by atoms with Gasteiger partial charge < -0.3 is 24.3 Å². The van der Waals surface area contributed by atoms with Crippen LogP contribution in [0.25, 0.3) is 0 Å². The fourth-order valence-electron chi connectivity index (χ4n) is 2.93. The summed E-state index contributed by atoms with van der Waals surface area (Å²) in [5, 5.41) is 2.91. The lowest BCUT2D eigenvalue weighted by atomic mass is 10.1.